The van der Waals surface area contributed by atoms with Gasteiger partial charge in [0.1, 0.15) is 5.75 Å². The van der Waals surface area contributed by atoms with E-state index in [0.29, 0.717) is 12.1 Å². The van der Waals surface area contributed by atoms with Crippen LogP contribution in [0.15, 0.2) is 18.5 Å². The average molecular weight is 251 g/mol. The number of rotatable bonds is 5. The molecular weight excluding hydrogens is 230 g/mol. The van der Waals surface area contributed by atoms with Crippen molar-refractivity contribution in [2.24, 2.45) is 0 Å². The molecule has 1 heterocycles. The van der Waals surface area contributed by atoms with Crippen molar-refractivity contribution in [1.29, 1.82) is 0 Å². The molecule has 0 spiro atoms. The fraction of sp³-hybridized carbons (Fsp3) is 0.538. The number of aromatic hydroxyl groups is 1. The topological polar surface area (TPSA) is 56.7 Å². The van der Waals surface area contributed by atoms with Gasteiger partial charge in [-0.2, -0.15) is 0 Å². The molecule has 1 atom stereocenters. The first kappa shape index (κ1) is 14.4. The summed E-state index contributed by atoms with van der Waals surface area (Å²) in [6.07, 6.45) is 2.80. The Morgan fingerprint density at radius 2 is 2.11 bits per heavy atom. The maximum absolute atomic E-state index is 12.3. The molecule has 1 amide bonds. The van der Waals surface area contributed by atoms with E-state index in [1.807, 2.05) is 32.8 Å². The Hall–Kier alpha value is -1.62. The van der Waals surface area contributed by atoms with Crippen LogP contribution >= 0.6 is 0 Å². The van der Waals surface area contributed by atoms with E-state index in [-0.39, 0.29) is 17.7 Å². The number of aromatic nitrogens is 1. The van der Waals surface area contributed by atoms with Gasteiger partial charge in [0.05, 0.1) is 11.8 Å². The molecule has 5 heteroatoms. The van der Waals surface area contributed by atoms with Gasteiger partial charge < -0.3 is 14.9 Å². The molecule has 0 bridgehead atoms. The molecule has 1 rings (SSSR count). The first-order chi connectivity index (χ1) is 8.45. The summed E-state index contributed by atoms with van der Waals surface area (Å²) in [5.41, 5.74) is 0.419. The van der Waals surface area contributed by atoms with Crippen LogP contribution in [0, 0.1) is 0 Å². The number of hydrogen-bond donors (Lipinski definition) is 1. The monoisotopic (exact) mass is 251 g/mol. The molecule has 1 aromatic heterocycles. The number of carbonyl (C=O) groups is 1. The van der Waals surface area contributed by atoms with Gasteiger partial charge in [0.2, 0.25) is 0 Å². The minimum atomic E-state index is -0.102. The van der Waals surface area contributed by atoms with Gasteiger partial charge in [-0.1, -0.05) is 0 Å². The van der Waals surface area contributed by atoms with E-state index in [9.17, 15) is 9.90 Å². The van der Waals surface area contributed by atoms with Gasteiger partial charge in [-0.3, -0.25) is 9.78 Å². The third-order valence-electron chi connectivity index (χ3n) is 2.73. The second-order valence-electron chi connectivity index (χ2n) is 4.63. The normalized spacial score (nSPS) is 12.5. The van der Waals surface area contributed by atoms with E-state index in [4.69, 9.17) is 0 Å². The standard InChI is InChI=1S/C13H21N3O2/c1-5-16(10(2)9-15(3)4)13(18)11-6-12(17)8-14-7-11/h6-8,10,17H,5,9H2,1-4H3. The lowest BCUT2D eigenvalue weighted by molar-refractivity contribution is 0.0678. The third-order valence-corrected chi connectivity index (χ3v) is 2.73. The highest BCUT2D eigenvalue weighted by Gasteiger charge is 2.20. The number of carbonyl (C=O) groups excluding carboxylic acids is 1. The molecule has 1 aromatic rings. The zero-order chi connectivity index (χ0) is 13.7. The van der Waals surface area contributed by atoms with Crippen LogP contribution in [0.2, 0.25) is 0 Å². The lowest BCUT2D eigenvalue weighted by Gasteiger charge is -2.30. The lowest BCUT2D eigenvalue weighted by Crippen LogP contribution is -2.43. The first-order valence-electron chi connectivity index (χ1n) is 6.05. The van der Waals surface area contributed by atoms with Gasteiger partial charge >= 0.3 is 0 Å². The van der Waals surface area contributed by atoms with E-state index < -0.39 is 0 Å². The Morgan fingerprint density at radius 1 is 1.44 bits per heavy atom. The molecule has 100 valence electrons. The number of pyridine rings is 1. The third kappa shape index (κ3) is 3.70. The summed E-state index contributed by atoms with van der Waals surface area (Å²) in [5, 5.41) is 9.36. The van der Waals surface area contributed by atoms with Crippen LogP contribution in [0.3, 0.4) is 0 Å². The van der Waals surface area contributed by atoms with Crippen molar-refractivity contribution < 1.29 is 9.90 Å². The van der Waals surface area contributed by atoms with Gasteiger partial charge in [-0.25, -0.2) is 0 Å². The van der Waals surface area contributed by atoms with Crippen molar-refractivity contribution in [2.45, 2.75) is 19.9 Å². The van der Waals surface area contributed by atoms with Crippen LogP contribution in [0.1, 0.15) is 24.2 Å². The number of nitrogens with zero attached hydrogens (tertiary/aromatic N) is 3. The highest BCUT2D eigenvalue weighted by molar-refractivity contribution is 5.94. The van der Waals surface area contributed by atoms with Crippen molar-refractivity contribution in [2.75, 3.05) is 27.2 Å². The highest BCUT2D eigenvalue weighted by atomic mass is 16.3. The van der Waals surface area contributed by atoms with Crippen molar-refractivity contribution in [1.82, 2.24) is 14.8 Å². The molecule has 0 saturated carbocycles. The minimum Gasteiger partial charge on any atom is -0.506 e. The molecule has 0 saturated heterocycles. The summed E-state index contributed by atoms with van der Waals surface area (Å²) >= 11 is 0. The molecule has 0 aliphatic heterocycles. The lowest BCUT2D eigenvalue weighted by atomic mass is 10.2. The summed E-state index contributed by atoms with van der Waals surface area (Å²) in [5.74, 6) is -0.0904. The summed E-state index contributed by atoms with van der Waals surface area (Å²) < 4.78 is 0. The Bertz CT molecular complexity index is 407. The van der Waals surface area contributed by atoms with E-state index in [1.165, 1.54) is 18.5 Å². The molecule has 18 heavy (non-hydrogen) atoms. The van der Waals surface area contributed by atoms with Crippen LogP contribution in [0.25, 0.3) is 0 Å². The van der Waals surface area contributed by atoms with Crippen LogP contribution in [0.4, 0.5) is 0 Å². The van der Waals surface area contributed by atoms with Crippen molar-refractivity contribution in [3.8, 4) is 5.75 Å². The van der Waals surface area contributed by atoms with Crippen molar-refractivity contribution >= 4 is 5.91 Å². The van der Waals surface area contributed by atoms with Crippen LogP contribution < -0.4 is 0 Å². The van der Waals surface area contributed by atoms with E-state index in [0.717, 1.165) is 6.54 Å². The first-order valence-corrected chi connectivity index (χ1v) is 6.05. The summed E-state index contributed by atoms with van der Waals surface area (Å²) in [6.45, 7) is 5.38. The molecule has 5 nitrogen and oxygen atoms in total. The van der Waals surface area contributed by atoms with Crippen LogP contribution in [-0.4, -0.2) is 59.0 Å². The smallest absolute Gasteiger partial charge is 0.255 e. The van der Waals surface area contributed by atoms with Crippen LogP contribution in [-0.2, 0) is 0 Å². The average Bonchev–Trinajstić information content (AvgIpc) is 2.28. The summed E-state index contributed by atoms with van der Waals surface area (Å²) in [4.78, 5) is 20.0. The summed E-state index contributed by atoms with van der Waals surface area (Å²) in [6, 6.07) is 1.56. The van der Waals surface area contributed by atoms with E-state index in [1.54, 1.807) is 4.90 Å². The van der Waals surface area contributed by atoms with Gasteiger partial charge in [0.25, 0.3) is 5.91 Å². The Kier molecular flexibility index (Phi) is 5.09. The second-order valence-corrected chi connectivity index (χ2v) is 4.63. The van der Waals surface area contributed by atoms with Crippen molar-refractivity contribution in [3.05, 3.63) is 24.0 Å². The predicted molar refractivity (Wildman–Crippen MR) is 70.6 cm³/mol. The molecule has 1 N–H and O–H groups in total. The van der Waals surface area contributed by atoms with Gasteiger partial charge in [0.15, 0.2) is 0 Å². The number of likely N-dealkylation sites (N-methyl/N-ethyl adjacent to an activating group) is 2. The molecule has 1 unspecified atom stereocenters. The molecule has 0 aliphatic rings. The molecule has 0 fully saturated rings. The van der Waals surface area contributed by atoms with E-state index >= 15 is 0 Å². The Morgan fingerprint density at radius 3 is 2.61 bits per heavy atom. The highest BCUT2D eigenvalue weighted by Crippen LogP contribution is 2.13. The molecule has 0 aliphatic carbocycles. The zero-order valence-electron chi connectivity index (χ0n) is 11.4. The summed E-state index contributed by atoms with van der Waals surface area (Å²) in [7, 11) is 3.95. The van der Waals surface area contributed by atoms with Gasteiger partial charge in [-0.15, -0.1) is 0 Å². The molecule has 0 aromatic carbocycles. The Labute approximate surface area is 108 Å². The Balaban J connectivity index is 2.85. The molecular formula is C13H21N3O2. The molecule has 0 radical (unpaired) electrons. The van der Waals surface area contributed by atoms with Gasteiger partial charge in [0, 0.05) is 25.3 Å². The SMILES string of the molecule is CCN(C(=O)c1cncc(O)c1)C(C)CN(C)C. The fourth-order valence-electron chi connectivity index (χ4n) is 1.99. The van der Waals surface area contributed by atoms with Crippen LogP contribution in [0.5, 0.6) is 5.75 Å². The minimum absolute atomic E-state index is 0.0113. The largest absolute Gasteiger partial charge is 0.506 e. The predicted octanol–water partition coefficient (Wildman–Crippen LogP) is 1.20. The number of amides is 1. The number of hydrogen-bond acceptors (Lipinski definition) is 4. The quantitative estimate of drug-likeness (QED) is 0.854. The maximum Gasteiger partial charge on any atom is 0.255 e. The van der Waals surface area contributed by atoms with Crippen molar-refractivity contribution in [3.63, 3.8) is 0 Å². The van der Waals surface area contributed by atoms with Gasteiger partial charge in [-0.05, 0) is 34.0 Å². The van der Waals surface area contributed by atoms with E-state index in [2.05, 4.69) is 4.98 Å². The zero-order valence-corrected chi connectivity index (χ0v) is 11.4. The maximum atomic E-state index is 12.3. The fourth-order valence-corrected chi connectivity index (χ4v) is 1.99. The second kappa shape index (κ2) is 6.35.